The highest BCUT2D eigenvalue weighted by Gasteiger charge is 2.35. The highest BCUT2D eigenvalue weighted by atomic mass is 15.3. The molecular weight excluding hydrogens is 220 g/mol. The van der Waals surface area contributed by atoms with Gasteiger partial charge in [-0.3, -0.25) is 9.80 Å². The van der Waals surface area contributed by atoms with Gasteiger partial charge in [-0.2, -0.15) is 0 Å². The minimum absolute atomic E-state index is 0.436. The topological polar surface area (TPSA) is 6.48 Å². The van der Waals surface area contributed by atoms with Gasteiger partial charge in [0.1, 0.15) is 0 Å². The second-order valence-electron chi connectivity index (χ2n) is 7.57. The Morgan fingerprint density at radius 3 is 2.56 bits per heavy atom. The van der Waals surface area contributed by atoms with Crippen molar-refractivity contribution in [3.63, 3.8) is 0 Å². The van der Waals surface area contributed by atoms with Gasteiger partial charge in [0.2, 0.25) is 0 Å². The van der Waals surface area contributed by atoms with Crippen LogP contribution in [0.1, 0.15) is 53.9 Å². The Hall–Kier alpha value is -0.0800. The second-order valence-corrected chi connectivity index (χ2v) is 7.57. The molecule has 2 unspecified atom stereocenters. The summed E-state index contributed by atoms with van der Waals surface area (Å²) in [5, 5.41) is 0. The summed E-state index contributed by atoms with van der Waals surface area (Å²) in [5.41, 5.74) is 0.436. The van der Waals surface area contributed by atoms with E-state index in [1.165, 1.54) is 45.4 Å². The summed E-state index contributed by atoms with van der Waals surface area (Å²) in [5.74, 6) is 0.758. The minimum Gasteiger partial charge on any atom is -0.298 e. The van der Waals surface area contributed by atoms with Crippen LogP contribution in [0.25, 0.3) is 0 Å². The zero-order valence-corrected chi connectivity index (χ0v) is 13.1. The van der Waals surface area contributed by atoms with Crippen molar-refractivity contribution in [1.82, 2.24) is 9.80 Å². The lowest BCUT2D eigenvalue weighted by atomic mass is 9.80. The summed E-state index contributed by atoms with van der Waals surface area (Å²) in [7, 11) is 0. The number of hydrogen-bond acceptors (Lipinski definition) is 2. The molecule has 2 atom stereocenters. The van der Waals surface area contributed by atoms with E-state index in [1.54, 1.807) is 0 Å². The highest BCUT2D eigenvalue weighted by Crippen LogP contribution is 2.31. The molecule has 0 aliphatic carbocycles. The van der Waals surface area contributed by atoms with E-state index < -0.39 is 0 Å². The lowest BCUT2D eigenvalue weighted by Crippen LogP contribution is -2.60. The van der Waals surface area contributed by atoms with Crippen molar-refractivity contribution in [1.29, 1.82) is 0 Å². The highest BCUT2D eigenvalue weighted by molar-refractivity contribution is 4.91. The maximum Gasteiger partial charge on any atom is 0.0223 e. The van der Waals surface area contributed by atoms with Gasteiger partial charge in [-0.05, 0) is 37.6 Å². The van der Waals surface area contributed by atoms with Crippen LogP contribution in [0.3, 0.4) is 0 Å². The van der Waals surface area contributed by atoms with Crippen LogP contribution in [-0.2, 0) is 0 Å². The Morgan fingerprint density at radius 1 is 1.17 bits per heavy atom. The van der Waals surface area contributed by atoms with Crippen LogP contribution in [0.2, 0.25) is 0 Å². The van der Waals surface area contributed by atoms with Crippen molar-refractivity contribution in [3.8, 4) is 0 Å². The molecule has 2 nitrogen and oxygen atoms in total. The molecule has 0 aromatic rings. The van der Waals surface area contributed by atoms with Crippen LogP contribution in [0.5, 0.6) is 0 Å². The molecule has 0 saturated carbocycles. The Bertz CT molecular complexity index is 272. The van der Waals surface area contributed by atoms with Gasteiger partial charge in [-0.25, -0.2) is 0 Å². The molecule has 18 heavy (non-hydrogen) atoms. The predicted octanol–water partition coefficient (Wildman–Crippen LogP) is 3.23. The Labute approximate surface area is 114 Å². The number of piperidine rings is 1. The lowest BCUT2D eigenvalue weighted by Gasteiger charge is -2.50. The first-order valence-corrected chi connectivity index (χ1v) is 7.88. The lowest BCUT2D eigenvalue weighted by molar-refractivity contribution is -0.00904. The largest absolute Gasteiger partial charge is 0.298 e. The van der Waals surface area contributed by atoms with E-state index in [2.05, 4.69) is 44.4 Å². The summed E-state index contributed by atoms with van der Waals surface area (Å²) in [6.45, 7) is 17.2. The van der Waals surface area contributed by atoms with Gasteiger partial charge < -0.3 is 0 Å². The zero-order valence-electron chi connectivity index (χ0n) is 13.1. The first-order chi connectivity index (χ1) is 8.40. The molecule has 0 aromatic heterocycles. The van der Waals surface area contributed by atoms with Crippen molar-refractivity contribution in [3.05, 3.63) is 0 Å². The number of hydrogen-bond donors (Lipinski definition) is 0. The monoisotopic (exact) mass is 252 g/mol. The summed E-state index contributed by atoms with van der Waals surface area (Å²) < 4.78 is 0. The SMILES string of the molecule is CC1CN2CCCCC2CN1CC(C)(C)C(C)C. The maximum atomic E-state index is 2.76. The molecule has 2 aliphatic rings. The van der Waals surface area contributed by atoms with Gasteiger partial charge in [0.05, 0.1) is 0 Å². The van der Waals surface area contributed by atoms with Crippen molar-refractivity contribution in [2.45, 2.75) is 66.0 Å². The molecular formula is C16H32N2. The molecule has 0 bridgehead atoms. The molecule has 0 radical (unpaired) electrons. The molecule has 2 fully saturated rings. The van der Waals surface area contributed by atoms with Gasteiger partial charge in [0.15, 0.2) is 0 Å². The van der Waals surface area contributed by atoms with E-state index in [-0.39, 0.29) is 0 Å². The molecule has 2 heteroatoms. The fourth-order valence-electron chi connectivity index (χ4n) is 3.34. The van der Waals surface area contributed by atoms with E-state index in [0.717, 1.165) is 18.0 Å². The predicted molar refractivity (Wildman–Crippen MR) is 78.9 cm³/mol. The van der Waals surface area contributed by atoms with Crippen LogP contribution < -0.4 is 0 Å². The number of fused-ring (bicyclic) bond motifs is 1. The van der Waals surface area contributed by atoms with Crippen LogP contribution in [0.15, 0.2) is 0 Å². The van der Waals surface area contributed by atoms with Crippen LogP contribution in [-0.4, -0.2) is 48.1 Å². The quantitative estimate of drug-likeness (QED) is 0.761. The standard InChI is InChI=1S/C16H32N2/c1-13(2)16(4,5)12-18-11-15-8-6-7-9-17(15)10-14(18)3/h13-15H,6-12H2,1-5H3. The van der Waals surface area contributed by atoms with Crippen molar-refractivity contribution < 1.29 is 0 Å². The first kappa shape index (κ1) is 14.3. The molecule has 2 heterocycles. The third-order valence-electron chi connectivity index (χ3n) is 5.49. The number of rotatable bonds is 3. The molecule has 0 N–H and O–H groups in total. The summed E-state index contributed by atoms with van der Waals surface area (Å²) in [4.78, 5) is 5.50. The van der Waals surface area contributed by atoms with Crippen molar-refractivity contribution in [2.24, 2.45) is 11.3 Å². The third kappa shape index (κ3) is 3.08. The van der Waals surface area contributed by atoms with Gasteiger partial charge in [-0.1, -0.05) is 34.1 Å². The van der Waals surface area contributed by atoms with E-state index in [1.807, 2.05) is 0 Å². The summed E-state index contributed by atoms with van der Waals surface area (Å²) >= 11 is 0. The number of piperazine rings is 1. The second kappa shape index (κ2) is 5.50. The Morgan fingerprint density at radius 2 is 1.89 bits per heavy atom. The van der Waals surface area contributed by atoms with E-state index in [0.29, 0.717) is 5.41 Å². The molecule has 0 aromatic carbocycles. The smallest absolute Gasteiger partial charge is 0.0223 e. The molecule has 2 saturated heterocycles. The zero-order chi connectivity index (χ0) is 13.3. The average Bonchev–Trinajstić information content (AvgIpc) is 2.29. The van der Waals surface area contributed by atoms with Gasteiger partial charge in [0, 0.05) is 31.7 Å². The molecule has 2 aliphatic heterocycles. The van der Waals surface area contributed by atoms with Gasteiger partial charge >= 0.3 is 0 Å². The average molecular weight is 252 g/mol. The van der Waals surface area contributed by atoms with Gasteiger partial charge in [0.25, 0.3) is 0 Å². The van der Waals surface area contributed by atoms with Crippen LogP contribution in [0.4, 0.5) is 0 Å². The molecule has 106 valence electrons. The number of nitrogens with zero attached hydrogens (tertiary/aromatic N) is 2. The first-order valence-electron chi connectivity index (χ1n) is 7.88. The normalized spacial score (nSPS) is 31.7. The minimum atomic E-state index is 0.436. The Balaban J connectivity index is 1.97. The van der Waals surface area contributed by atoms with E-state index in [9.17, 15) is 0 Å². The summed E-state index contributed by atoms with van der Waals surface area (Å²) in [6.07, 6.45) is 4.28. The van der Waals surface area contributed by atoms with Crippen LogP contribution in [0, 0.1) is 11.3 Å². The molecule has 2 rings (SSSR count). The molecule has 0 spiro atoms. The van der Waals surface area contributed by atoms with Crippen molar-refractivity contribution >= 4 is 0 Å². The van der Waals surface area contributed by atoms with E-state index in [4.69, 9.17) is 0 Å². The summed E-state index contributed by atoms with van der Waals surface area (Å²) in [6, 6.07) is 1.58. The van der Waals surface area contributed by atoms with Crippen LogP contribution >= 0.6 is 0 Å². The maximum absolute atomic E-state index is 2.76. The van der Waals surface area contributed by atoms with E-state index >= 15 is 0 Å². The Kier molecular flexibility index (Phi) is 4.38. The fraction of sp³-hybridized carbons (Fsp3) is 1.00. The molecule has 0 amide bonds. The van der Waals surface area contributed by atoms with Crippen molar-refractivity contribution in [2.75, 3.05) is 26.2 Å². The van der Waals surface area contributed by atoms with Gasteiger partial charge in [-0.15, -0.1) is 0 Å². The fourth-order valence-corrected chi connectivity index (χ4v) is 3.34. The third-order valence-corrected chi connectivity index (χ3v) is 5.49.